The summed E-state index contributed by atoms with van der Waals surface area (Å²) in [5, 5.41) is 13.6. The molecular weight excluding hydrogens is 230 g/mol. The minimum Gasteiger partial charge on any atom is -0.363 e. The van der Waals surface area contributed by atoms with Gasteiger partial charge >= 0.3 is 5.69 Å². The van der Waals surface area contributed by atoms with E-state index in [9.17, 15) is 10.1 Å². The minimum atomic E-state index is -0.477. The zero-order valence-electron chi connectivity index (χ0n) is 8.77. The molecule has 0 atom stereocenters. The molecule has 4 N–H and O–H groups in total. The first-order valence-corrected chi connectivity index (χ1v) is 5.93. The van der Waals surface area contributed by atoms with Crippen molar-refractivity contribution in [2.45, 2.75) is 0 Å². The predicted octanol–water partition coefficient (Wildman–Crippen LogP) is 1.05. The van der Waals surface area contributed by atoms with Crippen molar-refractivity contribution in [3.63, 3.8) is 0 Å². The third kappa shape index (κ3) is 3.24. The minimum absolute atomic E-state index is 0.0555. The highest BCUT2D eigenvalue weighted by molar-refractivity contribution is 7.98. The molecule has 1 heterocycles. The lowest BCUT2D eigenvalue weighted by molar-refractivity contribution is -0.384. The van der Waals surface area contributed by atoms with E-state index >= 15 is 0 Å². The van der Waals surface area contributed by atoms with Crippen LogP contribution >= 0.6 is 11.8 Å². The van der Waals surface area contributed by atoms with Gasteiger partial charge in [-0.15, -0.1) is 0 Å². The Labute approximate surface area is 96.9 Å². The molecule has 0 fully saturated rings. The number of anilines is 2. The van der Waals surface area contributed by atoms with Crippen LogP contribution in [-0.4, -0.2) is 28.5 Å². The number of rotatable bonds is 6. The van der Waals surface area contributed by atoms with Gasteiger partial charge < -0.3 is 10.7 Å². The molecule has 0 aliphatic rings. The number of aromatic nitrogens is 1. The Morgan fingerprint density at radius 1 is 1.62 bits per heavy atom. The maximum Gasteiger partial charge on any atom is 0.311 e. The second-order valence-corrected chi connectivity index (χ2v) is 3.87. The van der Waals surface area contributed by atoms with E-state index in [1.807, 2.05) is 6.26 Å². The Morgan fingerprint density at radius 3 is 2.94 bits per heavy atom. The Hall–Kier alpha value is -1.54. The molecule has 1 aromatic rings. The molecule has 0 spiro atoms. The Bertz CT molecular complexity index is 373. The lowest BCUT2D eigenvalue weighted by Crippen LogP contribution is -2.12. The number of nitrogen functional groups attached to an aromatic ring is 1. The van der Waals surface area contributed by atoms with Crippen LogP contribution < -0.4 is 16.6 Å². The maximum atomic E-state index is 10.7. The molecule has 0 saturated carbocycles. The fraction of sp³-hybridized carbons (Fsp3) is 0.375. The van der Waals surface area contributed by atoms with Gasteiger partial charge in [0.25, 0.3) is 0 Å². The van der Waals surface area contributed by atoms with Crippen LogP contribution in [0.15, 0.2) is 12.1 Å². The second-order valence-electron chi connectivity index (χ2n) is 2.89. The number of nitro groups is 1. The zero-order valence-corrected chi connectivity index (χ0v) is 9.58. The van der Waals surface area contributed by atoms with E-state index in [2.05, 4.69) is 15.7 Å². The molecule has 7 nitrogen and oxygen atoms in total. The topological polar surface area (TPSA) is 106 Å². The number of nitrogens with two attached hydrogens (primary N) is 1. The Morgan fingerprint density at radius 2 is 2.38 bits per heavy atom. The average Bonchev–Trinajstić information content (AvgIpc) is 2.29. The molecular formula is C8H13N5O2S. The summed E-state index contributed by atoms with van der Waals surface area (Å²) in [5.74, 6) is 6.65. The van der Waals surface area contributed by atoms with Gasteiger partial charge in [-0.2, -0.15) is 11.8 Å². The van der Waals surface area contributed by atoms with Crippen LogP contribution in [0.1, 0.15) is 0 Å². The summed E-state index contributed by atoms with van der Waals surface area (Å²) in [4.78, 5) is 14.2. The van der Waals surface area contributed by atoms with Crippen molar-refractivity contribution in [3.05, 3.63) is 22.2 Å². The van der Waals surface area contributed by atoms with E-state index in [-0.39, 0.29) is 11.5 Å². The lowest BCUT2D eigenvalue weighted by Gasteiger charge is -2.06. The summed E-state index contributed by atoms with van der Waals surface area (Å²) in [6.45, 7) is 0.614. The fourth-order valence-corrected chi connectivity index (χ4v) is 1.39. The van der Waals surface area contributed by atoms with Crippen LogP contribution in [0.4, 0.5) is 17.3 Å². The molecule has 0 saturated heterocycles. The van der Waals surface area contributed by atoms with Crippen LogP contribution in [0, 0.1) is 10.1 Å². The molecule has 16 heavy (non-hydrogen) atoms. The standard InChI is InChI=1S/C8H13N5O2S/c1-16-5-4-10-8-6(13(14)15)2-3-7(11-8)12-9/h2-3H,4-5,9H2,1H3,(H2,10,11,12). The molecule has 1 aromatic heterocycles. The summed E-state index contributed by atoms with van der Waals surface area (Å²) in [5.41, 5.74) is 2.29. The smallest absolute Gasteiger partial charge is 0.311 e. The van der Waals surface area contributed by atoms with Gasteiger partial charge in [0.2, 0.25) is 5.82 Å². The molecule has 0 aliphatic carbocycles. The molecule has 1 rings (SSSR count). The van der Waals surface area contributed by atoms with E-state index in [0.717, 1.165) is 5.75 Å². The van der Waals surface area contributed by atoms with Crippen molar-refractivity contribution < 1.29 is 4.92 Å². The summed E-state index contributed by atoms with van der Waals surface area (Å²) in [6, 6.07) is 2.82. The van der Waals surface area contributed by atoms with E-state index in [4.69, 9.17) is 5.84 Å². The van der Waals surface area contributed by atoms with Gasteiger partial charge in [0.1, 0.15) is 5.82 Å². The second kappa shape index (κ2) is 6.13. The van der Waals surface area contributed by atoms with E-state index in [1.54, 1.807) is 11.8 Å². The van der Waals surface area contributed by atoms with Crippen LogP contribution in [-0.2, 0) is 0 Å². The summed E-state index contributed by atoms with van der Waals surface area (Å²) in [7, 11) is 0. The number of pyridine rings is 1. The molecule has 0 aliphatic heterocycles. The van der Waals surface area contributed by atoms with Gasteiger partial charge in [-0.05, 0) is 12.3 Å². The molecule has 88 valence electrons. The first-order chi connectivity index (χ1) is 7.69. The quantitative estimate of drug-likeness (QED) is 0.297. The van der Waals surface area contributed by atoms with Crippen molar-refractivity contribution in [2.75, 3.05) is 29.3 Å². The number of nitrogens with one attached hydrogen (secondary N) is 2. The first-order valence-electron chi connectivity index (χ1n) is 4.54. The van der Waals surface area contributed by atoms with Gasteiger partial charge in [0.05, 0.1) is 4.92 Å². The summed E-state index contributed by atoms with van der Waals surface area (Å²) in [6.07, 6.45) is 1.96. The van der Waals surface area contributed by atoms with Crippen molar-refractivity contribution >= 4 is 29.1 Å². The highest BCUT2D eigenvalue weighted by atomic mass is 32.2. The Kier molecular flexibility index (Phi) is 4.80. The van der Waals surface area contributed by atoms with Gasteiger partial charge in [0, 0.05) is 18.4 Å². The van der Waals surface area contributed by atoms with Gasteiger partial charge in [-0.1, -0.05) is 0 Å². The number of hydrogen-bond acceptors (Lipinski definition) is 7. The molecule has 8 heteroatoms. The van der Waals surface area contributed by atoms with Gasteiger partial charge in [-0.25, -0.2) is 10.8 Å². The highest BCUT2D eigenvalue weighted by Crippen LogP contribution is 2.23. The van der Waals surface area contributed by atoms with Crippen LogP contribution in [0.2, 0.25) is 0 Å². The number of thioether (sulfide) groups is 1. The average molecular weight is 243 g/mol. The van der Waals surface area contributed by atoms with Crippen molar-refractivity contribution in [1.29, 1.82) is 0 Å². The largest absolute Gasteiger partial charge is 0.363 e. The molecule has 0 bridgehead atoms. The predicted molar refractivity (Wildman–Crippen MR) is 65.6 cm³/mol. The summed E-state index contributed by atoms with van der Waals surface area (Å²) >= 11 is 1.64. The monoisotopic (exact) mass is 243 g/mol. The number of hydrazine groups is 1. The van der Waals surface area contributed by atoms with Gasteiger partial charge in [0.15, 0.2) is 0 Å². The maximum absolute atomic E-state index is 10.7. The number of nitrogens with zero attached hydrogens (tertiary/aromatic N) is 2. The third-order valence-electron chi connectivity index (χ3n) is 1.82. The highest BCUT2D eigenvalue weighted by Gasteiger charge is 2.15. The van der Waals surface area contributed by atoms with Crippen molar-refractivity contribution in [2.24, 2.45) is 5.84 Å². The van der Waals surface area contributed by atoms with Crippen LogP contribution in [0.5, 0.6) is 0 Å². The first kappa shape index (κ1) is 12.5. The van der Waals surface area contributed by atoms with E-state index < -0.39 is 4.92 Å². The van der Waals surface area contributed by atoms with E-state index in [1.165, 1.54) is 12.1 Å². The number of hydrogen-bond donors (Lipinski definition) is 3. The third-order valence-corrected chi connectivity index (χ3v) is 2.43. The normalized spacial score (nSPS) is 9.88. The SMILES string of the molecule is CSCCNc1nc(NN)ccc1[N+](=O)[O-]. The zero-order chi connectivity index (χ0) is 12.0. The van der Waals surface area contributed by atoms with E-state index in [0.29, 0.717) is 12.4 Å². The molecule has 0 aromatic carbocycles. The van der Waals surface area contributed by atoms with Crippen LogP contribution in [0.3, 0.4) is 0 Å². The molecule has 0 radical (unpaired) electrons. The van der Waals surface area contributed by atoms with Crippen molar-refractivity contribution in [1.82, 2.24) is 4.98 Å². The lowest BCUT2D eigenvalue weighted by atomic mass is 10.3. The van der Waals surface area contributed by atoms with Gasteiger partial charge in [-0.3, -0.25) is 10.1 Å². The molecule has 0 unspecified atom stereocenters. The van der Waals surface area contributed by atoms with Crippen molar-refractivity contribution in [3.8, 4) is 0 Å². The molecule has 0 amide bonds. The van der Waals surface area contributed by atoms with Crippen LogP contribution in [0.25, 0.3) is 0 Å². The summed E-state index contributed by atoms with van der Waals surface area (Å²) < 4.78 is 0. The fourth-order valence-electron chi connectivity index (χ4n) is 1.08. The Balaban J connectivity index is 2.87.